The summed E-state index contributed by atoms with van der Waals surface area (Å²) >= 11 is 0. The van der Waals surface area contributed by atoms with E-state index < -0.39 is 0 Å². The van der Waals surface area contributed by atoms with Gasteiger partial charge in [-0.2, -0.15) is 0 Å². The highest BCUT2D eigenvalue weighted by Crippen LogP contribution is 2.20. The first-order valence-electron chi connectivity index (χ1n) is 7.81. The molecule has 2 heteroatoms. The second-order valence-electron chi connectivity index (χ2n) is 5.57. The van der Waals surface area contributed by atoms with Crippen molar-refractivity contribution in [3.8, 4) is 0 Å². The Morgan fingerprint density at radius 1 is 0.882 bits per heavy atom. The van der Waals surface area contributed by atoms with E-state index in [1.165, 1.54) is 57.9 Å². The number of hydrogen-bond donors (Lipinski definition) is 2. The predicted molar refractivity (Wildman–Crippen MR) is 76.2 cm³/mol. The molecule has 0 aromatic rings. The Hall–Kier alpha value is -0.0800. The molecule has 2 N–H and O–H groups in total. The van der Waals surface area contributed by atoms with E-state index in [0.717, 1.165) is 12.0 Å². The van der Waals surface area contributed by atoms with E-state index in [1.54, 1.807) is 0 Å². The summed E-state index contributed by atoms with van der Waals surface area (Å²) in [7, 11) is 0. The van der Waals surface area contributed by atoms with Crippen LogP contribution in [-0.4, -0.2) is 18.8 Å². The van der Waals surface area contributed by atoms with Crippen molar-refractivity contribution >= 4 is 0 Å². The summed E-state index contributed by atoms with van der Waals surface area (Å²) in [5.41, 5.74) is 0. The van der Waals surface area contributed by atoms with Crippen LogP contribution in [0.2, 0.25) is 0 Å². The molecule has 0 amide bonds. The summed E-state index contributed by atoms with van der Waals surface area (Å²) in [4.78, 5) is 0. The molecule has 1 aliphatic rings. The van der Waals surface area contributed by atoms with E-state index in [9.17, 15) is 0 Å². The average Bonchev–Trinajstić information content (AvgIpc) is 2.36. The summed E-state index contributed by atoms with van der Waals surface area (Å²) in [6, 6.07) is 0.762. The Bertz CT molecular complexity index is 182. The zero-order chi connectivity index (χ0) is 12.5. The van der Waals surface area contributed by atoms with Crippen LogP contribution in [0.15, 0.2) is 0 Å². The lowest BCUT2D eigenvalue weighted by molar-refractivity contribution is 0.190. The number of hydrogen-bond acceptors (Lipinski definition) is 2. The molecule has 102 valence electrons. The number of rotatable bonds is 8. The summed E-state index contributed by atoms with van der Waals surface area (Å²) in [5.74, 6) is 0.851. The van der Waals surface area contributed by atoms with Crippen molar-refractivity contribution in [2.45, 2.75) is 84.3 Å². The fourth-order valence-corrected chi connectivity index (χ4v) is 2.90. The Labute approximate surface area is 108 Å². The van der Waals surface area contributed by atoms with E-state index in [4.69, 9.17) is 0 Å². The second-order valence-corrected chi connectivity index (χ2v) is 5.57. The van der Waals surface area contributed by atoms with Gasteiger partial charge in [-0.1, -0.05) is 52.9 Å². The van der Waals surface area contributed by atoms with Crippen molar-refractivity contribution in [2.75, 3.05) is 6.54 Å². The van der Waals surface area contributed by atoms with Gasteiger partial charge in [-0.15, -0.1) is 0 Å². The van der Waals surface area contributed by atoms with Gasteiger partial charge in [0.15, 0.2) is 0 Å². The van der Waals surface area contributed by atoms with Crippen molar-refractivity contribution in [2.24, 2.45) is 5.92 Å². The molecule has 1 rings (SSSR count). The molecule has 1 aliphatic heterocycles. The van der Waals surface area contributed by atoms with Crippen LogP contribution in [0.1, 0.15) is 72.1 Å². The van der Waals surface area contributed by atoms with Crippen LogP contribution >= 0.6 is 0 Å². The molecule has 0 saturated carbocycles. The van der Waals surface area contributed by atoms with Crippen LogP contribution in [0.25, 0.3) is 0 Å². The van der Waals surface area contributed by atoms with Crippen LogP contribution < -0.4 is 10.6 Å². The van der Waals surface area contributed by atoms with Gasteiger partial charge in [0.25, 0.3) is 0 Å². The molecular weight excluding hydrogens is 208 g/mol. The van der Waals surface area contributed by atoms with Crippen molar-refractivity contribution < 1.29 is 0 Å². The standard InChI is InChI=1S/C15H32N2/c1-4-7-10-14-13(9-6-3)12-16-15(17-14)11-8-5-2/h13-17H,4-12H2,1-3H3. The van der Waals surface area contributed by atoms with Gasteiger partial charge in [0, 0.05) is 12.6 Å². The molecule has 1 fully saturated rings. The zero-order valence-corrected chi connectivity index (χ0v) is 12.1. The molecule has 1 saturated heterocycles. The molecule has 0 radical (unpaired) electrons. The molecule has 0 aliphatic carbocycles. The van der Waals surface area contributed by atoms with Gasteiger partial charge in [0.05, 0.1) is 6.17 Å². The Morgan fingerprint density at radius 2 is 1.59 bits per heavy atom. The van der Waals surface area contributed by atoms with Crippen molar-refractivity contribution in [1.29, 1.82) is 0 Å². The lowest BCUT2D eigenvalue weighted by atomic mass is 9.88. The van der Waals surface area contributed by atoms with Gasteiger partial charge >= 0.3 is 0 Å². The SMILES string of the molecule is CCCCC1NCC(CCC)C(CCCC)N1. The Balaban J connectivity index is 2.38. The maximum Gasteiger partial charge on any atom is 0.0573 e. The van der Waals surface area contributed by atoms with E-state index >= 15 is 0 Å². The highest BCUT2D eigenvalue weighted by molar-refractivity contribution is 4.86. The van der Waals surface area contributed by atoms with Crippen molar-refractivity contribution in [3.05, 3.63) is 0 Å². The molecular formula is C15H32N2. The Kier molecular flexibility index (Phi) is 7.87. The monoisotopic (exact) mass is 240 g/mol. The normalized spacial score (nSPS) is 29.5. The lowest BCUT2D eigenvalue weighted by Gasteiger charge is -2.39. The van der Waals surface area contributed by atoms with E-state index in [0.29, 0.717) is 6.17 Å². The minimum Gasteiger partial charge on any atom is -0.302 e. The first-order valence-corrected chi connectivity index (χ1v) is 7.81. The minimum atomic E-state index is 0.574. The third-order valence-electron chi connectivity index (χ3n) is 3.99. The fraction of sp³-hybridized carbons (Fsp3) is 1.00. The van der Waals surface area contributed by atoms with Crippen molar-refractivity contribution in [3.63, 3.8) is 0 Å². The first-order chi connectivity index (χ1) is 8.31. The molecule has 3 atom stereocenters. The maximum atomic E-state index is 3.85. The van der Waals surface area contributed by atoms with Gasteiger partial charge in [0.2, 0.25) is 0 Å². The summed E-state index contributed by atoms with van der Waals surface area (Å²) < 4.78 is 0. The molecule has 0 aromatic heterocycles. The van der Waals surface area contributed by atoms with Gasteiger partial charge in [-0.05, 0) is 25.2 Å². The highest BCUT2D eigenvalue weighted by Gasteiger charge is 2.27. The van der Waals surface area contributed by atoms with Crippen LogP contribution in [-0.2, 0) is 0 Å². The smallest absolute Gasteiger partial charge is 0.0573 e. The summed E-state index contributed by atoms with van der Waals surface area (Å²) in [6.45, 7) is 8.10. The molecule has 3 unspecified atom stereocenters. The fourth-order valence-electron chi connectivity index (χ4n) is 2.90. The molecule has 17 heavy (non-hydrogen) atoms. The van der Waals surface area contributed by atoms with E-state index in [1.807, 2.05) is 0 Å². The molecule has 0 bridgehead atoms. The lowest BCUT2D eigenvalue weighted by Crippen LogP contribution is -2.58. The second kappa shape index (κ2) is 8.93. The third kappa shape index (κ3) is 5.39. The maximum absolute atomic E-state index is 3.85. The first kappa shape index (κ1) is 15.0. The molecule has 0 aromatic carbocycles. The zero-order valence-electron chi connectivity index (χ0n) is 12.1. The molecule has 2 nitrogen and oxygen atoms in total. The van der Waals surface area contributed by atoms with Crippen molar-refractivity contribution in [1.82, 2.24) is 10.6 Å². The number of nitrogens with one attached hydrogen (secondary N) is 2. The van der Waals surface area contributed by atoms with E-state index in [-0.39, 0.29) is 0 Å². The van der Waals surface area contributed by atoms with Gasteiger partial charge in [-0.25, -0.2) is 0 Å². The average molecular weight is 240 g/mol. The van der Waals surface area contributed by atoms with Crippen LogP contribution in [0.5, 0.6) is 0 Å². The highest BCUT2D eigenvalue weighted by atomic mass is 15.2. The molecule has 1 heterocycles. The van der Waals surface area contributed by atoms with Crippen LogP contribution in [0.4, 0.5) is 0 Å². The van der Waals surface area contributed by atoms with Crippen LogP contribution in [0, 0.1) is 5.92 Å². The quantitative estimate of drug-likeness (QED) is 0.676. The third-order valence-corrected chi connectivity index (χ3v) is 3.99. The largest absolute Gasteiger partial charge is 0.302 e. The van der Waals surface area contributed by atoms with E-state index in [2.05, 4.69) is 31.4 Å². The minimum absolute atomic E-state index is 0.574. The molecule has 0 spiro atoms. The van der Waals surface area contributed by atoms with Gasteiger partial charge < -0.3 is 5.32 Å². The topological polar surface area (TPSA) is 24.1 Å². The van der Waals surface area contributed by atoms with Crippen LogP contribution in [0.3, 0.4) is 0 Å². The summed E-state index contributed by atoms with van der Waals surface area (Å²) in [6.07, 6.45) is 11.3. The summed E-state index contributed by atoms with van der Waals surface area (Å²) in [5, 5.41) is 7.53. The van der Waals surface area contributed by atoms with Gasteiger partial charge in [-0.3, -0.25) is 5.32 Å². The Morgan fingerprint density at radius 3 is 2.24 bits per heavy atom. The predicted octanol–water partition coefficient (Wildman–Crippen LogP) is 3.67. The number of unbranched alkanes of at least 4 members (excludes halogenated alkanes) is 2. The van der Waals surface area contributed by atoms with Gasteiger partial charge in [0.1, 0.15) is 0 Å².